The van der Waals surface area contributed by atoms with E-state index in [9.17, 15) is 14.4 Å². The van der Waals surface area contributed by atoms with Crippen LogP contribution < -0.4 is 5.32 Å². The summed E-state index contributed by atoms with van der Waals surface area (Å²) in [7, 11) is 0. The highest BCUT2D eigenvalue weighted by atomic mass is 79.9. The quantitative estimate of drug-likeness (QED) is 0.806. The Labute approximate surface area is 126 Å². The zero-order valence-electron chi connectivity index (χ0n) is 9.78. The fourth-order valence-corrected chi connectivity index (χ4v) is 2.87. The van der Waals surface area contributed by atoms with Crippen LogP contribution in [-0.2, 0) is 14.4 Å². The molecule has 1 aliphatic rings. The van der Waals surface area contributed by atoms with E-state index in [1.54, 1.807) is 18.2 Å². The Balaban J connectivity index is 2.01. The number of hydrogen-bond donors (Lipinski definition) is 1. The third-order valence-electron chi connectivity index (χ3n) is 2.66. The SMILES string of the molecule is O=C(CN1C(=O)CCC1=O)Nc1ccc(Br)cc1Br. The number of nitrogens with zero attached hydrogens (tertiary/aromatic N) is 1. The second kappa shape index (κ2) is 5.83. The van der Waals surface area contributed by atoms with Crippen LogP contribution in [0.3, 0.4) is 0 Å². The summed E-state index contributed by atoms with van der Waals surface area (Å²) in [5.41, 5.74) is 0.590. The van der Waals surface area contributed by atoms with E-state index in [1.165, 1.54) is 0 Å². The maximum absolute atomic E-state index is 11.8. The molecule has 0 aliphatic carbocycles. The lowest BCUT2D eigenvalue weighted by atomic mass is 10.3. The average Bonchev–Trinajstić information content (AvgIpc) is 2.65. The van der Waals surface area contributed by atoms with Gasteiger partial charge in [-0.3, -0.25) is 19.3 Å². The van der Waals surface area contributed by atoms with E-state index in [0.29, 0.717) is 10.2 Å². The molecule has 3 amide bonds. The summed E-state index contributed by atoms with van der Waals surface area (Å²) in [4.78, 5) is 35.6. The summed E-state index contributed by atoms with van der Waals surface area (Å²) in [6.45, 7) is -0.236. The smallest absolute Gasteiger partial charge is 0.244 e. The van der Waals surface area contributed by atoms with Crippen molar-refractivity contribution in [2.75, 3.05) is 11.9 Å². The first-order chi connectivity index (χ1) is 8.97. The summed E-state index contributed by atoms with van der Waals surface area (Å²) in [5, 5.41) is 2.65. The Hall–Kier alpha value is -1.21. The van der Waals surface area contributed by atoms with Crippen molar-refractivity contribution in [1.29, 1.82) is 0 Å². The normalized spacial score (nSPS) is 14.9. The van der Waals surface area contributed by atoms with Gasteiger partial charge in [0.05, 0.1) is 5.69 Å². The van der Waals surface area contributed by atoms with Crippen molar-refractivity contribution in [3.63, 3.8) is 0 Å². The summed E-state index contributed by atoms with van der Waals surface area (Å²) >= 11 is 6.63. The average molecular weight is 390 g/mol. The molecule has 0 atom stereocenters. The van der Waals surface area contributed by atoms with Gasteiger partial charge in [-0.15, -0.1) is 0 Å². The standard InChI is InChI=1S/C12H10Br2N2O3/c13-7-1-2-9(8(14)5-7)15-10(17)6-16-11(18)3-4-12(16)19/h1-2,5H,3-4,6H2,(H,15,17). The second-order valence-electron chi connectivity index (χ2n) is 4.05. The summed E-state index contributed by atoms with van der Waals surface area (Å²) in [6, 6.07) is 5.30. The minimum absolute atomic E-state index is 0.189. The Kier molecular flexibility index (Phi) is 4.36. The molecule has 0 radical (unpaired) electrons. The van der Waals surface area contributed by atoms with Crippen LogP contribution in [0, 0.1) is 0 Å². The van der Waals surface area contributed by atoms with Crippen LogP contribution >= 0.6 is 31.9 Å². The van der Waals surface area contributed by atoms with Crippen LogP contribution in [0.1, 0.15) is 12.8 Å². The maximum Gasteiger partial charge on any atom is 0.244 e. The van der Waals surface area contributed by atoms with Gasteiger partial charge in [-0.25, -0.2) is 0 Å². The fourth-order valence-electron chi connectivity index (χ4n) is 1.72. The molecule has 7 heteroatoms. The molecule has 1 N–H and O–H groups in total. The minimum atomic E-state index is -0.397. The number of carbonyl (C=O) groups is 3. The third kappa shape index (κ3) is 3.42. The zero-order chi connectivity index (χ0) is 14.0. The summed E-state index contributed by atoms with van der Waals surface area (Å²) in [6.07, 6.45) is 0.377. The molecule has 1 aliphatic heterocycles. The van der Waals surface area contributed by atoms with Gasteiger partial charge in [0.2, 0.25) is 17.7 Å². The van der Waals surface area contributed by atoms with E-state index in [-0.39, 0.29) is 31.2 Å². The third-order valence-corrected chi connectivity index (χ3v) is 3.81. The largest absolute Gasteiger partial charge is 0.323 e. The topological polar surface area (TPSA) is 66.5 Å². The van der Waals surface area contributed by atoms with Gasteiger partial charge in [0, 0.05) is 21.8 Å². The van der Waals surface area contributed by atoms with E-state index < -0.39 is 5.91 Å². The zero-order valence-corrected chi connectivity index (χ0v) is 13.0. The van der Waals surface area contributed by atoms with Crippen molar-refractivity contribution >= 4 is 55.3 Å². The Morgan fingerprint density at radius 2 is 1.84 bits per heavy atom. The van der Waals surface area contributed by atoms with Crippen molar-refractivity contribution in [2.45, 2.75) is 12.8 Å². The molecule has 1 aromatic carbocycles. The van der Waals surface area contributed by atoms with E-state index in [0.717, 1.165) is 9.37 Å². The van der Waals surface area contributed by atoms with Crippen molar-refractivity contribution in [1.82, 2.24) is 4.90 Å². The van der Waals surface area contributed by atoms with Gasteiger partial charge in [-0.2, -0.15) is 0 Å². The highest BCUT2D eigenvalue weighted by molar-refractivity contribution is 9.11. The number of likely N-dealkylation sites (tertiary alicyclic amines) is 1. The van der Waals surface area contributed by atoms with Gasteiger partial charge >= 0.3 is 0 Å². The minimum Gasteiger partial charge on any atom is -0.323 e. The Morgan fingerprint density at radius 3 is 2.42 bits per heavy atom. The number of benzene rings is 1. The molecule has 5 nitrogen and oxygen atoms in total. The highest BCUT2D eigenvalue weighted by Crippen LogP contribution is 2.26. The Bertz CT molecular complexity index is 544. The van der Waals surface area contributed by atoms with Gasteiger partial charge < -0.3 is 5.32 Å². The number of nitrogens with one attached hydrogen (secondary N) is 1. The number of amides is 3. The molecule has 100 valence electrons. The predicted octanol–water partition coefficient (Wildman–Crippen LogP) is 2.30. The number of halogens is 2. The van der Waals surface area contributed by atoms with Gasteiger partial charge in [0.25, 0.3) is 0 Å². The molecule has 2 rings (SSSR count). The van der Waals surface area contributed by atoms with Crippen LogP contribution in [0.2, 0.25) is 0 Å². The second-order valence-corrected chi connectivity index (χ2v) is 5.82. The molecule has 0 spiro atoms. The van der Waals surface area contributed by atoms with Crippen LogP contribution in [0.5, 0.6) is 0 Å². The number of rotatable bonds is 3. The lowest BCUT2D eigenvalue weighted by molar-refractivity contribution is -0.141. The number of anilines is 1. The first-order valence-electron chi connectivity index (χ1n) is 5.55. The summed E-state index contributed by atoms with van der Waals surface area (Å²) in [5.74, 6) is -0.989. The molecule has 0 bridgehead atoms. The molecule has 0 unspecified atom stereocenters. The van der Waals surface area contributed by atoms with E-state index in [1.807, 2.05) is 0 Å². The molecule has 0 saturated carbocycles. The van der Waals surface area contributed by atoms with Gasteiger partial charge in [0.15, 0.2) is 0 Å². The molecular formula is C12H10Br2N2O3. The molecule has 0 aromatic heterocycles. The predicted molar refractivity (Wildman–Crippen MR) is 76.4 cm³/mol. The van der Waals surface area contributed by atoms with E-state index >= 15 is 0 Å². The lowest BCUT2D eigenvalue weighted by Crippen LogP contribution is -2.36. The van der Waals surface area contributed by atoms with Crippen LogP contribution in [0.15, 0.2) is 27.1 Å². The molecule has 1 fully saturated rings. The van der Waals surface area contributed by atoms with Crippen molar-refractivity contribution in [2.24, 2.45) is 0 Å². The first-order valence-corrected chi connectivity index (χ1v) is 7.14. The molecular weight excluding hydrogens is 380 g/mol. The first kappa shape index (κ1) is 14.2. The van der Waals surface area contributed by atoms with E-state index in [2.05, 4.69) is 37.2 Å². The Morgan fingerprint density at radius 1 is 1.21 bits per heavy atom. The molecule has 19 heavy (non-hydrogen) atoms. The van der Waals surface area contributed by atoms with Crippen molar-refractivity contribution in [3.8, 4) is 0 Å². The van der Waals surface area contributed by atoms with Crippen LogP contribution in [0.4, 0.5) is 5.69 Å². The van der Waals surface area contributed by atoms with Crippen molar-refractivity contribution in [3.05, 3.63) is 27.1 Å². The monoisotopic (exact) mass is 388 g/mol. The van der Waals surface area contributed by atoms with Gasteiger partial charge in [-0.1, -0.05) is 15.9 Å². The number of carbonyl (C=O) groups excluding carboxylic acids is 3. The molecule has 1 heterocycles. The molecule has 1 saturated heterocycles. The van der Waals surface area contributed by atoms with Gasteiger partial charge in [0.1, 0.15) is 6.54 Å². The van der Waals surface area contributed by atoms with E-state index in [4.69, 9.17) is 0 Å². The van der Waals surface area contributed by atoms with Crippen LogP contribution in [-0.4, -0.2) is 29.2 Å². The highest BCUT2D eigenvalue weighted by Gasteiger charge is 2.30. The molecule has 1 aromatic rings. The fraction of sp³-hybridized carbons (Fsp3) is 0.250. The van der Waals surface area contributed by atoms with Gasteiger partial charge in [-0.05, 0) is 34.1 Å². The van der Waals surface area contributed by atoms with Crippen molar-refractivity contribution < 1.29 is 14.4 Å². The number of imide groups is 1. The van der Waals surface area contributed by atoms with Crippen LogP contribution in [0.25, 0.3) is 0 Å². The maximum atomic E-state index is 11.8. The summed E-state index contributed by atoms with van der Waals surface area (Å²) < 4.78 is 1.59. The number of hydrogen-bond acceptors (Lipinski definition) is 3. The lowest BCUT2D eigenvalue weighted by Gasteiger charge is -2.14.